The molecule has 0 heterocycles. The van der Waals surface area contributed by atoms with E-state index in [0.717, 1.165) is 12.2 Å². The standard InChI is InChI=1S/C11H16N2O2/c1-4-13(2)8-5-6-10(12)9(7-8)11(14)15-3/h5-7H,4,12H2,1-3H3. The van der Waals surface area contributed by atoms with Crippen molar-refractivity contribution in [1.29, 1.82) is 0 Å². The number of nitrogens with two attached hydrogens (primary N) is 1. The number of hydrogen-bond donors (Lipinski definition) is 1. The summed E-state index contributed by atoms with van der Waals surface area (Å²) in [5.74, 6) is -0.404. The highest BCUT2D eigenvalue weighted by Gasteiger charge is 2.11. The molecule has 4 heteroatoms. The number of rotatable bonds is 3. The number of esters is 1. The third-order valence-electron chi connectivity index (χ3n) is 2.36. The molecule has 82 valence electrons. The number of carbonyl (C=O) groups excluding carboxylic acids is 1. The average molecular weight is 208 g/mol. The van der Waals surface area contributed by atoms with Gasteiger partial charge in [-0.15, -0.1) is 0 Å². The van der Waals surface area contributed by atoms with E-state index in [1.807, 2.05) is 24.9 Å². The van der Waals surface area contributed by atoms with Crippen molar-refractivity contribution in [2.45, 2.75) is 6.92 Å². The number of anilines is 2. The Morgan fingerprint density at radius 3 is 2.73 bits per heavy atom. The number of carbonyl (C=O) groups is 1. The van der Waals surface area contributed by atoms with Gasteiger partial charge in [-0.05, 0) is 25.1 Å². The largest absolute Gasteiger partial charge is 0.465 e. The molecule has 4 nitrogen and oxygen atoms in total. The minimum absolute atomic E-state index is 0.404. The summed E-state index contributed by atoms with van der Waals surface area (Å²) >= 11 is 0. The molecule has 0 atom stereocenters. The van der Waals surface area contributed by atoms with Gasteiger partial charge in [0.05, 0.1) is 12.7 Å². The fourth-order valence-electron chi connectivity index (χ4n) is 1.25. The van der Waals surface area contributed by atoms with E-state index in [2.05, 4.69) is 4.74 Å². The Hall–Kier alpha value is -1.71. The van der Waals surface area contributed by atoms with Crippen LogP contribution in [0.15, 0.2) is 18.2 Å². The summed E-state index contributed by atoms with van der Waals surface area (Å²) in [5, 5.41) is 0. The van der Waals surface area contributed by atoms with Crippen LogP contribution in [0, 0.1) is 0 Å². The Balaban J connectivity index is 3.10. The van der Waals surface area contributed by atoms with E-state index in [1.165, 1.54) is 7.11 Å². The molecule has 0 aliphatic carbocycles. The number of nitrogen functional groups attached to an aromatic ring is 1. The first-order valence-corrected chi connectivity index (χ1v) is 4.79. The van der Waals surface area contributed by atoms with Gasteiger partial charge in [0.2, 0.25) is 0 Å². The van der Waals surface area contributed by atoms with E-state index in [0.29, 0.717) is 11.3 Å². The molecule has 0 aliphatic heterocycles. The van der Waals surface area contributed by atoms with Gasteiger partial charge < -0.3 is 15.4 Å². The first kappa shape index (κ1) is 11.4. The molecule has 1 aromatic rings. The predicted octanol–water partition coefficient (Wildman–Crippen LogP) is 1.51. The van der Waals surface area contributed by atoms with Crippen LogP contribution in [-0.4, -0.2) is 26.7 Å². The molecule has 0 unspecified atom stereocenters. The Morgan fingerprint density at radius 1 is 1.53 bits per heavy atom. The van der Waals surface area contributed by atoms with Crippen molar-refractivity contribution < 1.29 is 9.53 Å². The molecular weight excluding hydrogens is 192 g/mol. The normalized spacial score (nSPS) is 9.80. The quantitative estimate of drug-likeness (QED) is 0.604. The van der Waals surface area contributed by atoms with Crippen LogP contribution >= 0.6 is 0 Å². The van der Waals surface area contributed by atoms with Gasteiger partial charge in [0.1, 0.15) is 0 Å². The summed E-state index contributed by atoms with van der Waals surface area (Å²) in [4.78, 5) is 13.4. The van der Waals surface area contributed by atoms with Crippen molar-refractivity contribution in [3.63, 3.8) is 0 Å². The van der Waals surface area contributed by atoms with Crippen LogP contribution in [-0.2, 0) is 4.74 Å². The van der Waals surface area contributed by atoms with E-state index in [4.69, 9.17) is 5.73 Å². The van der Waals surface area contributed by atoms with Crippen molar-refractivity contribution in [1.82, 2.24) is 0 Å². The van der Waals surface area contributed by atoms with Crippen LogP contribution in [0.25, 0.3) is 0 Å². The number of methoxy groups -OCH3 is 1. The zero-order valence-electron chi connectivity index (χ0n) is 9.28. The number of nitrogens with zero attached hydrogens (tertiary/aromatic N) is 1. The Labute approximate surface area is 89.6 Å². The molecule has 0 spiro atoms. The average Bonchev–Trinajstić information content (AvgIpc) is 2.27. The van der Waals surface area contributed by atoms with Gasteiger partial charge in [-0.3, -0.25) is 0 Å². The van der Waals surface area contributed by atoms with Gasteiger partial charge in [0, 0.05) is 25.0 Å². The topological polar surface area (TPSA) is 55.6 Å². The zero-order valence-corrected chi connectivity index (χ0v) is 9.28. The van der Waals surface area contributed by atoms with Crippen LogP contribution in [0.2, 0.25) is 0 Å². The van der Waals surface area contributed by atoms with E-state index in [1.54, 1.807) is 12.1 Å². The maximum atomic E-state index is 11.4. The smallest absolute Gasteiger partial charge is 0.340 e. The molecule has 1 rings (SSSR count). The molecule has 1 aromatic carbocycles. The molecule has 0 radical (unpaired) electrons. The summed E-state index contributed by atoms with van der Waals surface area (Å²) in [7, 11) is 3.30. The molecule has 0 aromatic heterocycles. The monoisotopic (exact) mass is 208 g/mol. The van der Waals surface area contributed by atoms with E-state index >= 15 is 0 Å². The Morgan fingerprint density at radius 2 is 2.20 bits per heavy atom. The number of ether oxygens (including phenoxy) is 1. The lowest BCUT2D eigenvalue weighted by Gasteiger charge is -2.17. The van der Waals surface area contributed by atoms with E-state index in [9.17, 15) is 4.79 Å². The van der Waals surface area contributed by atoms with E-state index < -0.39 is 5.97 Å². The minimum Gasteiger partial charge on any atom is -0.465 e. The Kier molecular flexibility index (Phi) is 3.55. The lowest BCUT2D eigenvalue weighted by atomic mass is 10.1. The zero-order chi connectivity index (χ0) is 11.4. The maximum absolute atomic E-state index is 11.4. The molecule has 0 fully saturated rings. The fourth-order valence-corrected chi connectivity index (χ4v) is 1.25. The molecule has 0 bridgehead atoms. The molecule has 0 saturated carbocycles. The van der Waals surface area contributed by atoms with Crippen LogP contribution in [0.4, 0.5) is 11.4 Å². The van der Waals surface area contributed by atoms with Crippen molar-refractivity contribution in [3.05, 3.63) is 23.8 Å². The number of benzene rings is 1. The second-order valence-electron chi connectivity index (χ2n) is 3.28. The highest BCUT2D eigenvalue weighted by atomic mass is 16.5. The predicted molar refractivity (Wildman–Crippen MR) is 61.1 cm³/mol. The first-order valence-electron chi connectivity index (χ1n) is 4.79. The molecular formula is C11H16N2O2. The van der Waals surface area contributed by atoms with Crippen molar-refractivity contribution >= 4 is 17.3 Å². The third kappa shape index (κ3) is 2.40. The van der Waals surface area contributed by atoms with Crippen molar-refractivity contribution in [2.75, 3.05) is 31.3 Å². The third-order valence-corrected chi connectivity index (χ3v) is 2.36. The van der Waals surface area contributed by atoms with Crippen molar-refractivity contribution in [3.8, 4) is 0 Å². The molecule has 0 aliphatic rings. The van der Waals surface area contributed by atoms with Gasteiger partial charge in [0.15, 0.2) is 0 Å². The minimum atomic E-state index is -0.404. The van der Waals surface area contributed by atoms with Gasteiger partial charge in [-0.1, -0.05) is 0 Å². The van der Waals surface area contributed by atoms with Crippen LogP contribution < -0.4 is 10.6 Å². The molecule has 15 heavy (non-hydrogen) atoms. The van der Waals surface area contributed by atoms with Gasteiger partial charge in [-0.25, -0.2) is 4.79 Å². The number of hydrogen-bond acceptors (Lipinski definition) is 4. The lowest BCUT2D eigenvalue weighted by molar-refractivity contribution is 0.0602. The van der Waals surface area contributed by atoms with Crippen molar-refractivity contribution in [2.24, 2.45) is 0 Å². The second kappa shape index (κ2) is 4.68. The van der Waals surface area contributed by atoms with Crippen LogP contribution in [0.1, 0.15) is 17.3 Å². The summed E-state index contributed by atoms with van der Waals surface area (Å²) in [5.41, 5.74) is 7.49. The summed E-state index contributed by atoms with van der Waals surface area (Å²) in [6.07, 6.45) is 0. The van der Waals surface area contributed by atoms with Crippen LogP contribution in [0.5, 0.6) is 0 Å². The van der Waals surface area contributed by atoms with Crippen LogP contribution in [0.3, 0.4) is 0 Å². The van der Waals surface area contributed by atoms with Gasteiger partial charge in [-0.2, -0.15) is 0 Å². The maximum Gasteiger partial charge on any atom is 0.340 e. The first-order chi connectivity index (χ1) is 7.10. The summed E-state index contributed by atoms with van der Waals surface area (Å²) in [6.45, 7) is 2.90. The molecule has 2 N–H and O–H groups in total. The summed E-state index contributed by atoms with van der Waals surface area (Å²) < 4.78 is 4.65. The van der Waals surface area contributed by atoms with E-state index in [-0.39, 0.29) is 0 Å². The fraction of sp³-hybridized carbons (Fsp3) is 0.364. The Bertz CT molecular complexity index is 364. The van der Waals surface area contributed by atoms with Gasteiger partial charge in [0.25, 0.3) is 0 Å². The molecule has 0 saturated heterocycles. The SMILES string of the molecule is CCN(C)c1ccc(N)c(C(=O)OC)c1. The summed E-state index contributed by atoms with van der Waals surface area (Å²) in [6, 6.07) is 5.34. The highest BCUT2D eigenvalue weighted by molar-refractivity contribution is 5.96. The lowest BCUT2D eigenvalue weighted by Crippen LogP contribution is -2.17. The van der Waals surface area contributed by atoms with Gasteiger partial charge >= 0.3 is 5.97 Å². The second-order valence-corrected chi connectivity index (χ2v) is 3.28. The molecule has 0 amide bonds. The highest BCUT2D eigenvalue weighted by Crippen LogP contribution is 2.20.